The first-order valence-corrected chi connectivity index (χ1v) is 5.83. The molecule has 1 unspecified atom stereocenters. The fourth-order valence-electron chi connectivity index (χ4n) is 1.75. The highest BCUT2D eigenvalue weighted by Gasteiger charge is 2.27. The highest BCUT2D eigenvalue weighted by atomic mass is 16.6. The van der Waals surface area contributed by atoms with Gasteiger partial charge in [-0.25, -0.2) is 0 Å². The van der Waals surface area contributed by atoms with Crippen LogP contribution in [0, 0.1) is 16.0 Å². The van der Waals surface area contributed by atoms with E-state index in [-0.39, 0.29) is 22.6 Å². The van der Waals surface area contributed by atoms with Gasteiger partial charge in [-0.1, -0.05) is 20.8 Å². The molecule has 1 rings (SSSR count). The molecule has 1 heterocycles. The average Bonchev–Trinajstić information content (AvgIpc) is 2.55. The second kappa shape index (κ2) is 5.27. The monoisotopic (exact) mass is 240 g/mol. The standard InChI is InChI=1S/C11H20N4O2/c1-5-9-11(15(16)17)10(14(4)13-9)6-8(12)7(2)3/h7-8H,5-6,12H2,1-4H3. The molecule has 0 aliphatic heterocycles. The number of aromatic nitrogens is 2. The molecule has 0 aliphatic rings. The summed E-state index contributed by atoms with van der Waals surface area (Å²) in [6, 6.07) is -0.0891. The molecule has 0 aliphatic carbocycles. The van der Waals surface area contributed by atoms with Crippen LogP contribution in [0.15, 0.2) is 0 Å². The molecule has 0 fully saturated rings. The van der Waals surface area contributed by atoms with E-state index >= 15 is 0 Å². The van der Waals surface area contributed by atoms with Gasteiger partial charge in [0.25, 0.3) is 0 Å². The van der Waals surface area contributed by atoms with Crippen LogP contribution in [0.2, 0.25) is 0 Å². The van der Waals surface area contributed by atoms with E-state index < -0.39 is 0 Å². The maximum Gasteiger partial charge on any atom is 0.313 e. The molecule has 1 aromatic heterocycles. The van der Waals surface area contributed by atoms with E-state index in [4.69, 9.17) is 5.73 Å². The molecule has 0 spiro atoms. The predicted octanol–water partition coefficient (Wildman–Crippen LogP) is 1.42. The smallest absolute Gasteiger partial charge is 0.313 e. The predicted molar refractivity (Wildman–Crippen MR) is 65.8 cm³/mol. The molecule has 96 valence electrons. The fraction of sp³-hybridized carbons (Fsp3) is 0.727. The number of aryl methyl sites for hydroxylation is 2. The van der Waals surface area contributed by atoms with Crippen LogP contribution in [0.1, 0.15) is 32.2 Å². The number of nitrogens with zero attached hydrogens (tertiary/aromatic N) is 3. The van der Waals surface area contributed by atoms with Gasteiger partial charge in [-0.2, -0.15) is 5.10 Å². The molecule has 0 amide bonds. The van der Waals surface area contributed by atoms with Crippen molar-refractivity contribution in [2.24, 2.45) is 18.7 Å². The first-order chi connectivity index (χ1) is 7.88. The minimum absolute atomic E-state index is 0.0891. The Labute approximate surface area is 101 Å². The van der Waals surface area contributed by atoms with E-state index in [9.17, 15) is 10.1 Å². The second-order valence-electron chi connectivity index (χ2n) is 4.59. The molecule has 0 saturated heterocycles. The Morgan fingerprint density at radius 2 is 2.12 bits per heavy atom. The maximum atomic E-state index is 11.1. The van der Waals surface area contributed by atoms with E-state index in [1.165, 1.54) is 0 Å². The highest BCUT2D eigenvalue weighted by molar-refractivity contribution is 5.41. The van der Waals surface area contributed by atoms with Crippen molar-refractivity contribution in [2.45, 2.75) is 39.7 Å². The maximum absolute atomic E-state index is 11.1. The summed E-state index contributed by atoms with van der Waals surface area (Å²) in [6.07, 6.45) is 1.04. The molecular weight excluding hydrogens is 220 g/mol. The molecule has 6 nitrogen and oxygen atoms in total. The number of hydrogen-bond acceptors (Lipinski definition) is 4. The molecule has 1 atom stereocenters. The van der Waals surface area contributed by atoms with Crippen LogP contribution >= 0.6 is 0 Å². The topological polar surface area (TPSA) is 87.0 Å². The Balaban J connectivity index is 3.13. The minimum atomic E-state index is -0.353. The van der Waals surface area contributed by atoms with Gasteiger partial charge in [0.2, 0.25) is 0 Å². The molecule has 2 N–H and O–H groups in total. The molecule has 0 radical (unpaired) electrons. The minimum Gasteiger partial charge on any atom is -0.327 e. The summed E-state index contributed by atoms with van der Waals surface area (Å²) < 4.78 is 1.58. The van der Waals surface area contributed by atoms with Crippen molar-refractivity contribution >= 4 is 5.69 Å². The van der Waals surface area contributed by atoms with Crippen molar-refractivity contribution in [3.05, 3.63) is 21.5 Å². The lowest BCUT2D eigenvalue weighted by atomic mass is 9.99. The number of hydrogen-bond donors (Lipinski definition) is 1. The van der Waals surface area contributed by atoms with Gasteiger partial charge >= 0.3 is 5.69 Å². The van der Waals surface area contributed by atoms with Crippen LogP contribution in [0.3, 0.4) is 0 Å². The second-order valence-corrected chi connectivity index (χ2v) is 4.59. The first kappa shape index (κ1) is 13.6. The van der Waals surface area contributed by atoms with Crippen LogP contribution in [0.4, 0.5) is 5.69 Å². The van der Waals surface area contributed by atoms with Crippen LogP contribution in [0.25, 0.3) is 0 Å². The lowest BCUT2D eigenvalue weighted by Crippen LogP contribution is -2.29. The van der Waals surface area contributed by atoms with Gasteiger partial charge in [0.15, 0.2) is 0 Å². The summed E-state index contributed by atoms with van der Waals surface area (Å²) in [5, 5.41) is 15.3. The molecular formula is C11H20N4O2. The molecule has 1 aromatic rings. The molecule has 6 heteroatoms. The van der Waals surface area contributed by atoms with Gasteiger partial charge in [-0.3, -0.25) is 14.8 Å². The van der Waals surface area contributed by atoms with Crippen LogP contribution < -0.4 is 5.73 Å². The lowest BCUT2D eigenvalue weighted by molar-refractivity contribution is -0.386. The van der Waals surface area contributed by atoms with Crippen molar-refractivity contribution in [3.8, 4) is 0 Å². The Kier molecular flexibility index (Phi) is 4.22. The lowest BCUT2D eigenvalue weighted by Gasteiger charge is -2.14. The number of rotatable bonds is 5. The normalized spacial score (nSPS) is 13.1. The summed E-state index contributed by atoms with van der Waals surface area (Å²) in [7, 11) is 1.73. The fourth-order valence-corrected chi connectivity index (χ4v) is 1.75. The summed E-state index contributed by atoms with van der Waals surface area (Å²) in [5.41, 5.74) is 7.25. The summed E-state index contributed by atoms with van der Waals surface area (Å²) >= 11 is 0. The van der Waals surface area contributed by atoms with Gasteiger partial charge in [-0.05, 0) is 12.3 Å². The quantitative estimate of drug-likeness (QED) is 0.622. The Morgan fingerprint density at radius 1 is 1.53 bits per heavy atom. The van der Waals surface area contributed by atoms with Crippen molar-refractivity contribution in [1.82, 2.24) is 9.78 Å². The zero-order valence-electron chi connectivity index (χ0n) is 10.8. The third kappa shape index (κ3) is 2.82. The van der Waals surface area contributed by atoms with Gasteiger partial charge in [-0.15, -0.1) is 0 Å². The number of nitro groups is 1. The van der Waals surface area contributed by atoms with E-state index in [1.54, 1.807) is 11.7 Å². The van der Waals surface area contributed by atoms with E-state index in [0.29, 0.717) is 24.2 Å². The van der Waals surface area contributed by atoms with E-state index in [1.807, 2.05) is 20.8 Å². The van der Waals surface area contributed by atoms with Crippen molar-refractivity contribution in [2.75, 3.05) is 0 Å². The third-order valence-electron chi connectivity index (χ3n) is 3.01. The summed E-state index contributed by atoms with van der Waals surface area (Å²) in [4.78, 5) is 10.7. The summed E-state index contributed by atoms with van der Waals surface area (Å²) in [6.45, 7) is 5.88. The molecule has 0 aromatic carbocycles. The van der Waals surface area contributed by atoms with Gasteiger partial charge in [0, 0.05) is 19.5 Å². The Morgan fingerprint density at radius 3 is 2.53 bits per heavy atom. The SMILES string of the molecule is CCc1nn(C)c(CC(N)C(C)C)c1[N+](=O)[O-]. The zero-order valence-corrected chi connectivity index (χ0v) is 10.8. The highest BCUT2D eigenvalue weighted by Crippen LogP contribution is 2.25. The first-order valence-electron chi connectivity index (χ1n) is 5.83. The van der Waals surface area contributed by atoms with Crippen LogP contribution in [-0.4, -0.2) is 20.7 Å². The van der Waals surface area contributed by atoms with Crippen LogP contribution in [-0.2, 0) is 19.9 Å². The van der Waals surface area contributed by atoms with Crippen molar-refractivity contribution < 1.29 is 4.92 Å². The molecule has 17 heavy (non-hydrogen) atoms. The Hall–Kier alpha value is -1.43. The molecule has 0 saturated carbocycles. The summed E-state index contributed by atoms with van der Waals surface area (Å²) in [5.74, 6) is 0.287. The largest absolute Gasteiger partial charge is 0.327 e. The van der Waals surface area contributed by atoms with Crippen molar-refractivity contribution in [1.29, 1.82) is 0 Å². The third-order valence-corrected chi connectivity index (χ3v) is 3.01. The van der Waals surface area contributed by atoms with Gasteiger partial charge < -0.3 is 5.73 Å². The number of nitrogens with two attached hydrogens (primary N) is 1. The zero-order chi connectivity index (χ0) is 13.2. The van der Waals surface area contributed by atoms with E-state index in [2.05, 4.69) is 5.10 Å². The van der Waals surface area contributed by atoms with Crippen molar-refractivity contribution in [3.63, 3.8) is 0 Å². The van der Waals surface area contributed by atoms with Gasteiger partial charge in [0.05, 0.1) is 4.92 Å². The van der Waals surface area contributed by atoms with Gasteiger partial charge in [0.1, 0.15) is 11.4 Å². The molecule has 0 bridgehead atoms. The van der Waals surface area contributed by atoms with Crippen LogP contribution in [0.5, 0.6) is 0 Å². The van der Waals surface area contributed by atoms with E-state index in [0.717, 1.165) is 0 Å². The Bertz CT molecular complexity index is 412. The average molecular weight is 240 g/mol.